The fourth-order valence-corrected chi connectivity index (χ4v) is 2.76. The largest absolute Gasteiger partial charge is 0.338 e. The summed E-state index contributed by atoms with van der Waals surface area (Å²) in [6.45, 7) is 3.25. The molecule has 8 heteroatoms. The van der Waals surface area contributed by atoms with Crippen LogP contribution >= 0.6 is 23.7 Å². The van der Waals surface area contributed by atoms with Crippen LogP contribution in [0.5, 0.6) is 0 Å². The van der Waals surface area contributed by atoms with E-state index in [2.05, 4.69) is 0 Å². The topological polar surface area (TPSA) is 89.5 Å². The van der Waals surface area contributed by atoms with Gasteiger partial charge in [0.25, 0.3) is 5.91 Å². The molecule has 2 rings (SSSR count). The van der Waals surface area contributed by atoms with Crippen LogP contribution in [-0.2, 0) is 0 Å². The number of carbonyl (C=O) groups is 1. The molecule has 0 aromatic carbocycles. The van der Waals surface area contributed by atoms with Crippen LogP contribution in [0.15, 0.2) is 11.4 Å². The molecule has 1 amide bonds. The predicted octanol–water partition coefficient (Wildman–Crippen LogP) is 1.89. The van der Waals surface area contributed by atoms with Gasteiger partial charge in [-0.3, -0.25) is 14.9 Å². The summed E-state index contributed by atoms with van der Waals surface area (Å²) in [4.78, 5) is 24.0. The summed E-state index contributed by atoms with van der Waals surface area (Å²) in [6, 6.07) is 1.47. The van der Waals surface area contributed by atoms with Crippen molar-refractivity contribution >= 4 is 34.7 Å². The second-order valence-corrected chi connectivity index (χ2v) is 5.50. The van der Waals surface area contributed by atoms with E-state index >= 15 is 0 Å². The molecule has 1 fully saturated rings. The van der Waals surface area contributed by atoms with E-state index < -0.39 is 4.92 Å². The number of piperidine rings is 1. The lowest BCUT2D eigenvalue weighted by Gasteiger charge is -2.34. The molecule has 0 saturated carbocycles. The Balaban J connectivity index is 0.00000180. The van der Waals surface area contributed by atoms with Crippen molar-refractivity contribution in [3.05, 3.63) is 27.1 Å². The standard InChI is InChI=1S/C11H15N3O3S.ClH/c1-7-5-13(3-2-9(7)12)11(15)8-4-10(14(16)17)18-6-8;/h4,6-7,9H,2-3,5,12H2,1H3;1H. The Morgan fingerprint density at radius 3 is 2.84 bits per heavy atom. The number of likely N-dealkylation sites (tertiary alicyclic amines) is 1. The number of thiophene rings is 1. The molecule has 2 heterocycles. The number of halogens is 1. The number of rotatable bonds is 2. The molecule has 19 heavy (non-hydrogen) atoms. The summed E-state index contributed by atoms with van der Waals surface area (Å²) < 4.78 is 0. The minimum atomic E-state index is -0.476. The van der Waals surface area contributed by atoms with Gasteiger partial charge in [0.1, 0.15) is 0 Å². The van der Waals surface area contributed by atoms with Crippen LogP contribution < -0.4 is 5.73 Å². The molecule has 1 aromatic heterocycles. The smallest absolute Gasteiger partial charge is 0.324 e. The Kier molecular flexibility index (Phi) is 5.28. The molecular formula is C11H16ClN3O3S. The van der Waals surface area contributed by atoms with Crippen LogP contribution in [-0.4, -0.2) is 34.9 Å². The molecule has 2 N–H and O–H groups in total. The van der Waals surface area contributed by atoms with Crippen LogP contribution in [0.1, 0.15) is 23.7 Å². The van der Waals surface area contributed by atoms with Gasteiger partial charge in [-0.05, 0) is 12.3 Å². The van der Waals surface area contributed by atoms with Gasteiger partial charge < -0.3 is 10.6 Å². The first-order chi connectivity index (χ1) is 8.49. The van der Waals surface area contributed by atoms with E-state index in [4.69, 9.17) is 5.73 Å². The van der Waals surface area contributed by atoms with Gasteiger partial charge >= 0.3 is 5.00 Å². The van der Waals surface area contributed by atoms with Crippen molar-refractivity contribution in [3.63, 3.8) is 0 Å². The average molecular weight is 306 g/mol. The molecule has 2 atom stereocenters. The first kappa shape index (κ1) is 15.9. The van der Waals surface area contributed by atoms with Gasteiger partial charge in [-0.1, -0.05) is 18.3 Å². The third-order valence-corrected chi connectivity index (χ3v) is 4.15. The maximum Gasteiger partial charge on any atom is 0.324 e. The molecular weight excluding hydrogens is 290 g/mol. The second kappa shape index (κ2) is 6.31. The summed E-state index contributed by atoms with van der Waals surface area (Å²) in [6.07, 6.45) is 0.777. The fourth-order valence-electron chi connectivity index (χ4n) is 2.06. The lowest BCUT2D eigenvalue weighted by atomic mass is 9.94. The SMILES string of the molecule is CC1CN(C(=O)c2csc([N+](=O)[O-])c2)CCC1N.Cl. The van der Waals surface area contributed by atoms with Gasteiger partial charge in [-0.2, -0.15) is 0 Å². The summed E-state index contributed by atoms with van der Waals surface area (Å²) in [7, 11) is 0. The fraction of sp³-hybridized carbons (Fsp3) is 0.545. The number of carbonyl (C=O) groups excluding carboxylic acids is 1. The zero-order valence-corrected chi connectivity index (χ0v) is 12.1. The molecule has 1 aliphatic heterocycles. The zero-order valence-electron chi connectivity index (χ0n) is 10.4. The van der Waals surface area contributed by atoms with Gasteiger partial charge in [-0.25, -0.2) is 0 Å². The highest BCUT2D eigenvalue weighted by molar-refractivity contribution is 7.13. The van der Waals surface area contributed by atoms with E-state index in [9.17, 15) is 14.9 Å². The van der Waals surface area contributed by atoms with Gasteiger partial charge in [0, 0.05) is 30.6 Å². The molecule has 6 nitrogen and oxygen atoms in total. The van der Waals surface area contributed by atoms with Gasteiger partial charge in [0.05, 0.1) is 10.5 Å². The first-order valence-electron chi connectivity index (χ1n) is 5.77. The summed E-state index contributed by atoms with van der Waals surface area (Å²) in [5.74, 6) is 0.120. The van der Waals surface area contributed by atoms with Crippen molar-refractivity contribution in [1.29, 1.82) is 0 Å². The second-order valence-electron chi connectivity index (χ2n) is 4.61. The predicted molar refractivity (Wildman–Crippen MR) is 75.9 cm³/mol. The Hall–Kier alpha value is -1.18. The summed E-state index contributed by atoms with van der Waals surface area (Å²) in [5.41, 5.74) is 6.30. The van der Waals surface area contributed by atoms with E-state index in [0.29, 0.717) is 18.7 Å². The number of hydrogen-bond acceptors (Lipinski definition) is 5. The Morgan fingerprint density at radius 1 is 1.63 bits per heavy atom. The van der Waals surface area contributed by atoms with E-state index in [1.165, 1.54) is 6.07 Å². The van der Waals surface area contributed by atoms with Crippen molar-refractivity contribution in [2.45, 2.75) is 19.4 Å². The van der Waals surface area contributed by atoms with Crippen LogP contribution in [0.4, 0.5) is 5.00 Å². The number of amides is 1. The van der Waals surface area contributed by atoms with Crippen LogP contribution in [0, 0.1) is 16.0 Å². The van der Waals surface area contributed by atoms with E-state index in [1.807, 2.05) is 6.92 Å². The quantitative estimate of drug-likeness (QED) is 0.667. The molecule has 0 aliphatic carbocycles. The molecule has 0 spiro atoms. The average Bonchev–Trinajstić information content (AvgIpc) is 2.81. The minimum Gasteiger partial charge on any atom is -0.338 e. The van der Waals surface area contributed by atoms with Gasteiger partial charge in [0.15, 0.2) is 0 Å². The Labute approximate surface area is 121 Å². The van der Waals surface area contributed by atoms with E-state index in [-0.39, 0.29) is 35.3 Å². The van der Waals surface area contributed by atoms with Crippen molar-refractivity contribution in [2.75, 3.05) is 13.1 Å². The van der Waals surface area contributed by atoms with Gasteiger partial charge in [0.2, 0.25) is 0 Å². The van der Waals surface area contributed by atoms with E-state index in [0.717, 1.165) is 17.8 Å². The highest BCUT2D eigenvalue weighted by Crippen LogP contribution is 2.25. The van der Waals surface area contributed by atoms with Crippen molar-refractivity contribution in [1.82, 2.24) is 4.90 Å². The molecule has 0 radical (unpaired) electrons. The monoisotopic (exact) mass is 305 g/mol. The summed E-state index contributed by atoms with van der Waals surface area (Å²) >= 11 is 0.980. The van der Waals surface area contributed by atoms with E-state index in [1.54, 1.807) is 10.3 Å². The Bertz CT molecular complexity index is 480. The lowest BCUT2D eigenvalue weighted by Crippen LogP contribution is -2.48. The number of hydrogen-bond donors (Lipinski definition) is 1. The Morgan fingerprint density at radius 2 is 2.32 bits per heavy atom. The van der Waals surface area contributed by atoms with Crippen molar-refractivity contribution in [2.24, 2.45) is 11.7 Å². The molecule has 0 bridgehead atoms. The minimum absolute atomic E-state index is 0. The van der Waals surface area contributed by atoms with Crippen LogP contribution in [0.25, 0.3) is 0 Å². The molecule has 1 aromatic rings. The highest BCUT2D eigenvalue weighted by Gasteiger charge is 2.28. The third kappa shape index (κ3) is 3.43. The maximum atomic E-state index is 12.2. The van der Waals surface area contributed by atoms with Crippen LogP contribution in [0.2, 0.25) is 0 Å². The molecule has 1 saturated heterocycles. The lowest BCUT2D eigenvalue weighted by molar-refractivity contribution is -0.380. The first-order valence-corrected chi connectivity index (χ1v) is 6.64. The number of nitro groups is 1. The van der Waals surface area contributed by atoms with Crippen molar-refractivity contribution < 1.29 is 9.72 Å². The van der Waals surface area contributed by atoms with Crippen LogP contribution in [0.3, 0.4) is 0 Å². The molecule has 106 valence electrons. The summed E-state index contributed by atoms with van der Waals surface area (Å²) in [5, 5.41) is 12.1. The third-order valence-electron chi connectivity index (χ3n) is 3.27. The normalized spacial score (nSPS) is 22.7. The van der Waals surface area contributed by atoms with Gasteiger partial charge in [-0.15, -0.1) is 12.4 Å². The molecule has 1 aliphatic rings. The highest BCUT2D eigenvalue weighted by atomic mass is 35.5. The zero-order chi connectivity index (χ0) is 13.3. The van der Waals surface area contributed by atoms with Crippen molar-refractivity contribution in [3.8, 4) is 0 Å². The maximum absolute atomic E-state index is 12.2. The number of nitrogens with two attached hydrogens (primary N) is 1. The number of nitrogens with zero attached hydrogens (tertiary/aromatic N) is 2. The molecule has 2 unspecified atom stereocenters.